The van der Waals surface area contributed by atoms with Crippen LogP contribution in [-0.2, 0) is 0 Å². The Morgan fingerprint density at radius 2 is 2.12 bits per heavy atom. The molecule has 4 rings (SSSR count). The number of para-hydroxylation sites is 1. The number of rotatable bonds is 3. The van der Waals surface area contributed by atoms with Crippen molar-refractivity contribution in [2.75, 3.05) is 6.79 Å². The molecule has 1 aliphatic heterocycles. The quantitative estimate of drug-likeness (QED) is 0.544. The summed E-state index contributed by atoms with van der Waals surface area (Å²) in [5, 5.41) is 12.2. The van der Waals surface area contributed by atoms with Gasteiger partial charge in [0.2, 0.25) is 6.79 Å². The molecule has 4 nitrogen and oxygen atoms in total. The molecule has 1 aromatic heterocycles. The largest absolute Gasteiger partial charge is 0.454 e. The number of hydrogen-bond acceptors (Lipinski definition) is 5. The molecule has 2 aromatic carbocycles. The molecule has 0 fully saturated rings. The van der Waals surface area contributed by atoms with Crippen LogP contribution < -0.4 is 9.47 Å². The highest BCUT2D eigenvalue weighted by atomic mass is 79.9. The van der Waals surface area contributed by atoms with E-state index >= 15 is 0 Å². The molecule has 6 heteroatoms. The van der Waals surface area contributed by atoms with Gasteiger partial charge >= 0.3 is 0 Å². The Hall–Kier alpha value is -2.62. The Morgan fingerprint density at radius 1 is 1.24 bits per heavy atom. The molecule has 0 amide bonds. The van der Waals surface area contributed by atoms with Crippen LogP contribution in [0.15, 0.2) is 52.3 Å². The second-order valence-electron chi connectivity index (χ2n) is 5.30. The molecule has 25 heavy (non-hydrogen) atoms. The highest BCUT2D eigenvalue weighted by Gasteiger charge is 2.17. The van der Waals surface area contributed by atoms with E-state index in [0.717, 1.165) is 21.3 Å². The molecule has 0 bridgehead atoms. The standard InChI is InChI=1S/C19H11BrN2O2S/c20-15-5-1-3-12(8-15)16-10-25-19(22-16)14(9-21)7-13-4-2-6-17-18(13)24-11-23-17/h1-8,10H,11H2. The van der Waals surface area contributed by atoms with Crippen molar-refractivity contribution in [2.45, 2.75) is 0 Å². The number of benzene rings is 2. The first-order valence-corrected chi connectivity index (χ1v) is 9.14. The first-order chi connectivity index (χ1) is 12.2. The van der Waals surface area contributed by atoms with Crippen LogP contribution in [0, 0.1) is 11.3 Å². The van der Waals surface area contributed by atoms with Crippen molar-refractivity contribution in [1.29, 1.82) is 5.26 Å². The molecule has 0 saturated carbocycles. The third kappa shape index (κ3) is 3.16. The van der Waals surface area contributed by atoms with E-state index in [2.05, 4.69) is 27.0 Å². The molecule has 0 radical (unpaired) electrons. The fraction of sp³-hybridized carbons (Fsp3) is 0.0526. The molecule has 0 atom stereocenters. The number of ether oxygens (including phenoxy) is 2. The van der Waals surface area contributed by atoms with Gasteiger partial charge in [-0.15, -0.1) is 11.3 Å². The van der Waals surface area contributed by atoms with Gasteiger partial charge in [0.05, 0.1) is 11.3 Å². The van der Waals surface area contributed by atoms with Gasteiger partial charge < -0.3 is 9.47 Å². The first kappa shape index (κ1) is 15.9. The summed E-state index contributed by atoms with van der Waals surface area (Å²) in [6, 6.07) is 15.8. The topological polar surface area (TPSA) is 55.1 Å². The number of fused-ring (bicyclic) bond motifs is 1. The molecular weight excluding hydrogens is 400 g/mol. The van der Waals surface area contributed by atoms with E-state index < -0.39 is 0 Å². The van der Waals surface area contributed by atoms with Crippen molar-refractivity contribution in [2.24, 2.45) is 0 Å². The van der Waals surface area contributed by atoms with Crippen molar-refractivity contribution in [3.05, 3.63) is 62.9 Å². The maximum absolute atomic E-state index is 9.58. The number of thiazole rings is 1. The highest BCUT2D eigenvalue weighted by molar-refractivity contribution is 9.10. The van der Waals surface area contributed by atoms with E-state index in [1.54, 1.807) is 6.08 Å². The summed E-state index contributed by atoms with van der Waals surface area (Å²) in [6.07, 6.45) is 1.79. The number of allylic oxidation sites excluding steroid dienone is 1. The third-order valence-corrected chi connectivity index (χ3v) is 5.07. The van der Waals surface area contributed by atoms with Crippen LogP contribution in [0.1, 0.15) is 10.6 Å². The third-order valence-electron chi connectivity index (χ3n) is 3.70. The average molecular weight is 411 g/mol. The number of halogens is 1. The maximum Gasteiger partial charge on any atom is 0.231 e. The minimum absolute atomic E-state index is 0.201. The van der Waals surface area contributed by atoms with Gasteiger partial charge in [0.15, 0.2) is 11.5 Å². The number of aromatic nitrogens is 1. The number of hydrogen-bond donors (Lipinski definition) is 0. The lowest BCUT2D eigenvalue weighted by Gasteiger charge is -2.01. The normalized spacial score (nSPS) is 12.9. The van der Waals surface area contributed by atoms with Crippen LogP contribution in [0.3, 0.4) is 0 Å². The Balaban J connectivity index is 1.71. The first-order valence-electron chi connectivity index (χ1n) is 7.47. The fourth-order valence-electron chi connectivity index (χ4n) is 2.54. The lowest BCUT2D eigenvalue weighted by atomic mass is 10.1. The minimum Gasteiger partial charge on any atom is -0.454 e. The Kier molecular flexibility index (Phi) is 4.26. The van der Waals surface area contributed by atoms with Gasteiger partial charge in [0.25, 0.3) is 0 Å². The Bertz CT molecular complexity index is 1020. The maximum atomic E-state index is 9.58. The molecule has 1 aliphatic rings. The van der Waals surface area contributed by atoms with E-state index in [-0.39, 0.29) is 6.79 Å². The molecule has 0 saturated heterocycles. The van der Waals surface area contributed by atoms with Crippen molar-refractivity contribution in [3.63, 3.8) is 0 Å². The van der Waals surface area contributed by atoms with E-state index in [9.17, 15) is 5.26 Å². The van der Waals surface area contributed by atoms with Crippen molar-refractivity contribution in [1.82, 2.24) is 4.98 Å². The zero-order chi connectivity index (χ0) is 17.2. The summed E-state index contributed by atoms with van der Waals surface area (Å²) in [4.78, 5) is 4.62. The van der Waals surface area contributed by atoms with Crippen molar-refractivity contribution >= 4 is 38.9 Å². The zero-order valence-corrected chi connectivity index (χ0v) is 15.3. The summed E-state index contributed by atoms with van der Waals surface area (Å²) in [5.74, 6) is 1.36. The predicted octanol–water partition coefficient (Wildman–Crippen LogP) is 5.37. The van der Waals surface area contributed by atoms with Crippen LogP contribution in [0.25, 0.3) is 22.9 Å². The molecular formula is C19H11BrN2O2S. The van der Waals surface area contributed by atoms with Gasteiger partial charge in [-0.25, -0.2) is 4.98 Å². The molecule has 122 valence electrons. The number of nitrogens with zero attached hydrogens (tertiary/aromatic N) is 2. The Labute approximate surface area is 157 Å². The predicted molar refractivity (Wildman–Crippen MR) is 101 cm³/mol. The summed E-state index contributed by atoms with van der Waals surface area (Å²) in [7, 11) is 0. The van der Waals surface area contributed by atoms with Crippen LogP contribution >= 0.6 is 27.3 Å². The molecule has 0 N–H and O–H groups in total. The lowest BCUT2D eigenvalue weighted by Crippen LogP contribution is -1.93. The van der Waals surface area contributed by atoms with Crippen LogP contribution in [0.5, 0.6) is 11.5 Å². The van der Waals surface area contributed by atoms with Crippen molar-refractivity contribution in [3.8, 4) is 28.8 Å². The minimum atomic E-state index is 0.201. The smallest absolute Gasteiger partial charge is 0.231 e. The lowest BCUT2D eigenvalue weighted by molar-refractivity contribution is 0.174. The molecule has 0 spiro atoms. The summed E-state index contributed by atoms with van der Waals surface area (Å²) in [5.41, 5.74) is 3.16. The SMILES string of the molecule is N#CC(=Cc1cccc2c1OCO2)c1nc(-c2cccc(Br)c2)cs1. The van der Waals surface area contributed by atoms with E-state index in [1.165, 1.54) is 11.3 Å². The Morgan fingerprint density at radius 3 is 2.96 bits per heavy atom. The number of nitriles is 1. The van der Waals surface area contributed by atoms with Gasteiger partial charge in [-0.05, 0) is 24.3 Å². The fourth-order valence-corrected chi connectivity index (χ4v) is 3.74. The average Bonchev–Trinajstić information content (AvgIpc) is 3.29. The van der Waals surface area contributed by atoms with Gasteiger partial charge in [-0.3, -0.25) is 0 Å². The van der Waals surface area contributed by atoms with Gasteiger partial charge in [-0.1, -0.05) is 40.2 Å². The van der Waals surface area contributed by atoms with E-state index in [4.69, 9.17) is 9.47 Å². The summed E-state index contributed by atoms with van der Waals surface area (Å²) in [6.45, 7) is 0.201. The highest BCUT2D eigenvalue weighted by Crippen LogP contribution is 2.37. The monoisotopic (exact) mass is 410 g/mol. The summed E-state index contributed by atoms with van der Waals surface area (Å²) >= 11 is 4.91. The summed E-state index contributed by atoms with van der Waals surface area (Å²) < 4.78 is 11.9. The second-order valence-corrected chi connectivity index (χ2v) is 7.07. The van der Waals surface area contributed by atoms with Gasteiger partial charge in [0.1, 0.15) is 11.1 Å². The van der Waals surface area contributed by atoms with E-state index in [0.29, 0.717) is 22.1 Å². The molecule has 0 aliphatic carbocycles. The van der Waals surface area contributed by atoms with Crippen LogP contribution in [0.4, 0.5) is 0 Å². The molecule has 2 heterocycles. The molecule has 3 aromatic rings. The van der Waals surface area contributed by atoms with Crippen LogP contribution in [-0.4, -0.2) is 11.8 Å². The van der Waals surface area contributed by atoms with Crippen LogP contribution in [0.2, 0.25) is 0 Å². The van der Waals surface area contributed by atoms with Gasteiger partial charge in [-0.2, -0.15) is 5.26 Å². The van der Waals surface area contributed by atoms with Crippen molar-refractivity contribution < 1.29 is 9.47 Å². The van der Waals surface area contributed by atoms with Gasteiger partial charge in [0, 0.05) is 21.0 Å². The zero-order valence-electron chi connectivity index (χ0n) is 12.9. The molecule has 0 unspecified atom stereocenters. The van der Waals surface area contributed by atoms with E-state index in [1.807, 2.05) is 47.8 Å². The second kappa shape index (κ2) is 6.71.